The van der Waals surface area contributed by atoms with Crippen LogP contribution in [0, 0.1) is 11.3 Å². The molecule has 23 heavy (non-hydrogen) atoms. The van der Waals surface area contributed by atoms with Crippen LogP contribution in [-0.4, -0.2) is 48.3 Å². The maximum atomic E-state index is 10.8. The number of nitrogens with one attached hydrogen (secondary N) is 1. The number of carboxylic acids is 1. The predicted molar refractivity (Wildman–Crippen MR) is 86.2 cm³/mol. The minimum atomic E-state index is -0.770. The molecule has 6 heteroatoms. The molecule has 0 unspecified atom stereocenters. The quantitative estimate of drug-likeness (QED) is 0.757. The van der Waals surface area contributed by atoms with Crippen LogP contribution in [0.15, 0.2) is 18.2 Å². The molecular weight excluding hydrogens is 294 g/mol. The second kappa shape index (κ2) is 7.95. The minimum Gasteiger partial charge on any atom is -0.495 e. The Kier molecular flexibility index (Phi) is 5.97. The van der Waals surface area contributed by atoms with E-state index in [0.717, 1.165) is 24.9 Å². The van der Waals surface area contributed by atoms with Gasteiger partial charge in [0.2, 0.25) is 0 Å². The fourth-order valence-corrected chi connectivity index (χ4v) is 2.93. The van der Waals surface area contributed by atoms with Gasteiger partial charge in [0.25, 0.3) is 0 Å². The number of likely N-dealkylation sites (N-methyl/N-ethyl adjacent to an activating group) is 1. The van der Waals surface area contributed by atoms with Crippen molar-refractivity contribution in [1.82, 2.24) is 10.2 Å². The van der Waals surface area contributed by atoms with Crippen LogP contribution in [-0.2, 0) is 11.3 Å². The number of nitrogens with zero attached hydrogens (tertiary/aromatic N) is 2. The van der Waals surface area contributed by atoms with Crippen LogP contribution in [0.25, 0.3) is 0 Å². The average molecular weight is 317 g/mol. The highest BCUT2D eigenvalue weighted by molar-refractivity contribution is 5.69. The van der Waals surface area contributed by atoms with Crippen molar-refractivity contribution in [3.05, 3.63) is 29.3 Å². The number of hydrogen-bond donors (Lipinski definition) is 2. The molecule has 1 aliphatic carbocycles. The summed E-state index contributed by atoms with van der Waals surface area (Å²) in [6.45, 7) is 3.58. The van der Waals surface area contributed by atoms with Crippen LogP contribution in [0.3, 0.4) is 0 Å². The van der Waals surface area contributed by atoms with E-state index in [0.29, 0.717) is 29.9 Å². The van der Waals surface area contributed by atoms with E-state index in [1.54, 1.807) is 13.2 Å². The Morgan fingerprint density at radius 1 is 1.52 bits per heavy atom. The van der Waals surface area contributed by atoms with Gasteiger partial charge in [-0.1, -0.05) is 13.0 Å². The largest absolute Gasteiger partial charge is 0.495 e. The summed E-state index contributed by atoms with van der Waals surface area (Å²) in [6, 6.07) is 8.43. The standard InChI is InChI=1S/C17H23N3O3/c1-3-20(11-17(21)22)15-7-14(8-15)19-10-12-4-5-13(9-18)16(6-12)23-2/h4-6,14-15,19H,3,7-8,10-11H2,1-2H3,(H,21,22). The zero-order valence-corrected chi connectivity index (χ0v) is 13.6. The summed E-state index contributed by atoms with van der Waals surface area (Å²) in [7, 11) is 1.56. The van der Waals surface area contributed by atoms with Gasteiger partial charge >= 0.3 is 5.97 Å². The van der Waals surface area contributed by atoms with Crippen molar-refractivity contribution in [3.63, 3.8) is 0 Å². The second-order valence-electron chi connectivity index (χ2n) is 5.81. The molecule has 1 aromatic rings. The molecule has 1 saturated carbocycles. The number of hydrogen-bond acceptors (Lipinski definition) is 5. The molecule has 6 nitrogen and oxygen atoms in total. The van der Waals surface area contributed by atoms with Gasteiger partial charge in [0.1, 0.15) is 11.8 Å². The van der Waals surface area contributed by atoms with Crippen molar-refractivity contribution < 1.29 is 14.6 Å². The molecule has 1 aliphatic rings. The molecule has 0 aliphatic heterocycles. The first kappa shape index (κ1) is 17.3. The third kappa shape index (κ3) is 4.44. The van der Waals surface area contributed by atoms with E-state index in [2.05, 4.69) is 11.4 Å². The van der Waals surface area contributed by atoms with E-state index in [1.807, 2.05) is 24.0 Å². The van der Waals surface area contributed by atoms with Gasteiger partial charge in [-0.05, 0) is 37.1 Å². The highest BCUT2D eigenvalue weighted by atomic mass is 16.5. The summed E-state index contributed by atoms with van der Waals surface area (Å²) in [5.74, 6) is -0.176. The summed E-state index contributed by atoms with van der Waals surface area (Å²) in [5, 5.41) is 21.4. The van der Waals surface area contributed by atoms with Crippen molar-refractivity contribution >= 4 is 5.97 Å². The highest BCUT2D eigenvalue weighted by Crippen LogP contribution is 2.26. The lowest BCUT2D eigenvalue weighted by atomic mass is 9.85. The van der Waals surface area contributed by atoms with Crippen molar-refractivity contribution in [3.8, 4) is 11.8 Å². The lowest BCUT2D eigenvalue weighted by Crippen LogP contribution is -2.53. The molecule has 1 aromatic carbocycles. The van der Waals surface area contributed by atoms with Gasteiger partial charge in [0, 0.05) is 18.6 Å². The normalized spacial score (nSPS) is 19.9. The Bertz CT molecular complexity index is 591. The first-order chi connectivity index (χ1) is 11.1. The van der Waals surface area contributed by atoms with Gasteiger partial charge < -0.3 is 15.2 Å². The second-order valence-corrected chi connectivity index (χ2v) is 5.81. The molecule has 0 atom stereocenters. The molecule has 124 valence electrons. The van der Waals surface area contributed by atoms with Crippen LogP contribution >= 0.6 is 0 Å². The Morgan fingerprint density at radius 3 is 2.83 bits per heavy atom. The number of carboxylic acid groups (broad SMARTS) is 1. The Hall–Kier alpha value is -2.10. The first-order valence-electron chi connectivity index (χ1n) is 7.83. The number of rotatable bonds is 8. The van der Waals surface area contributed by atoms with Crippen molar-refractivity contribution in [2.45, 2.75) is 38.4 Å². The topological polar surface area (TPSA) is 85.6 Å². The third-order valence-corrected chi connectivity index (χ3v) is 4.36. The molecule has 0 bridgehead atoms. The summed E-state index contributed by atoms with van der Waals surface area (Å²) < 4.78 is 5.21. The van der Waals surface area contributed by atoms with E-state index in [9.17, 15) is 4.79 Å². The van der Waals surface area contributed by atoms with Crippen LogP contribution in [0.2, 0.25) is 0 Å². The molecule has 0 saturated heterocycles. The first-order valence-corrected chi connectivity index (χ1v) is 7.83. The monoisotopic (exact) mass is 317 g/mol. The Balaban J connectivity index is 1.80. The van der Waals surface area contributed by atoms with E-state index >= 15 is 0 Å². The number of aliphatic carboxylic acids is 1. The Labute approximate surface area is 136 Å². The van der Waals surface area contributed by atoms with E-state index in [4.69, 9.17) is 15.1 Å². The molecule has 0 amide bonds. The van der Waals surface area contributed by atoms with Crippen molar-refractivity contribution in [2.75, 3.05) is 20.2 Å². The number of nitriles is 1. The molecule has 0 heterocycles. The zero-order valence-electron chi connectivity index (χ0n) is 13.6. The van der Waals surface area contributed by atoms with Gasteiger partial charge in [0.05, 0.1) is 19.2 Å². The van der Waals surface area contributed by atoms with Gasteiger partial charge in [-0.2, -0.15) is 5.26 Å². The van der Waals surface area contributed by atoms with Gasteiger partial charge in [-0.25, -0.2) is 0 Å². The number of carbonyl (C=O) groups is 1. The molecule has 2 N–H and O–H groups in total. The third-order valence-electron chi connectivity index (χ3n) is 4.36. The zero-order chi connectivity index (χ0) is 16.8. The number of ether oxygens (including phenoxy) is 1. The smallest absolute Gasteiger partial charge is 0.317 e. The Morgan fingerprint density at radius 2 is 2.26 bits per heavy atom. The van der Waals surface area contributed by atoms with Crippen molar-refractivity contribution in [1.29, 1.82) is 5.26 Å². The van der Waals surface area contributed by atoms with Crippen molar-refractivity contribution in [2.24, 2.45) is 0 Å². The molecule has 1 fully saturated rings. The van der Waals surface area contributed by atoms with E-state index < -0.39 is 5.97 Å². The maximum absolute atomic E-state index is 10.8. The minimum absolute atomic E-state index is 0.112. The summed E-state index contributed by atoms with van der Waals surface area (Å²) in [4.78, 5) is 12.8. The van der Waals surface area contributed by atoms with Crippen LogP contribution in [0.1, 0.15) is 30.9 Å². The maximum Gasteiger partial charge on any atom is 0.317 e. The lowest BCUT2D eigenvalue weighted by molar-refractivity contribution is -0.139. The molecule has 0 spiro atoms. The summed E-state index contributed by atoms with van der Waals surface area (Å²) in [6.07, 6.45) is 1.93. The fraction of sp³-hybridized carbons (Fsp3) is 0.529. The van der Waals surface area contributed by atoms with Crippen LogP contribution < -0.4 is 10.1 Å². The van der Waals surface area contributed by atoms with E-state index in [-0.39, 0.29) is 6.54 Å². The predicted octanol–water partition coefficient (Wildman–Crippen LogP) is 1.59. The van der Waals surface area contributed by atoms with Crippen LogP contribution in [0.4, 0.5) is 0 Å². The number of benzene rings is 1. The molecule has 0 radical (unpaired) electrons. The van der Waals surface area contributed by atoms with Crippen LogP contribution in [0.5, 0.6) is 5.75 Å². The summed E-state index contributed by atoms with van der Waals surface area (Å²) >= 11 is 0. The molecule has 2 rings (SSSR count). The van der Waals surface area contributed by atoms with Gasteiger partial charge in [0.15, 0.2) is 0 Å². The van der Waals surface area contributed by atoms with Gasteiger partial charge in [-0.3, -0.25) is 9.69 Å². The average Bonchev–Trinajstić information content (AvgIpc) is 2.51. The van der Waals surface area contributed by atoms with Gasteiger partial charge in [-0.15, -0.1) is 0 Å². The fourth-order valence-electron chi connectivity index (χ4n) is 2.93. The summed E-state index contributed by atoms with van der Waals surface area (Å²) in [5.41, 5.74) is 1.61. The van der Waals surface area contributed by atoms with E-state index in [1.165, 1.54) is 0 Å². The lowest BCUT2D eigenvalue weighted by Gasteiger charge is -2.42. The highest BCUT2D eigenvalue weighted by Gasteiger charge is 2.33. The SMILES string of the molecule is CCN(CC(=O)O)C1CC(NCc2ccc(C#N)c(OC)c2)C1. The molecule has 0 aromatic heterocycles. The number of methoxy groups -OCH3 is 1. The molecular formula is C17H23N3O3.